The van der Waals surface area contributed by atoms with Crippen molar-refractivity contribution in [2.24, 2.45) is 0 Å². The molecule has 0 aliphatic heterocycles. The standard InChI is InChI=1S/C15H15ClN4O3/c1-8-12(16)14-18-13(17-10(7-21)15(22)23-2)9-5-3-4-6-11(9)20(14)19-8/h3-6,10,21H,7H2,1-2H3,(H,17,18)/t10-/m1/s1. The van der Waals surface area contributed by atoms with Gasteiger partial charge in [0.05, 0.1) is 24.9 Å². The fraction of sp³-hybridized carbons (Fsp3) is 0.267. The Labute approximate surface area is 136 Å². The summed E-state index contributed by atoms with van der Waals surface area (Å²) in [7, 11) is 1.26. The maximum Gasteiger partial charge on any atom is 0.330 e. The topological polar surface area (TPSA) is 88.8 Å². The lowest BCUT2D eigenvalue weighted by molar-refractivity contribution is -0.142. The fourth-order valence-corrected chi connectivity index (χ4v) is 2.54. The number of rotatable bonds is 4. The Kier molecular flexibility index (Phi) is 4.06. The maximum atomic E-state index is 11.7. The molecule has 0 aliphatic rings. The predicted octanol–water partition coefficient (Wildman–Crippen LogP) is 1.79. The summed E-state index contributed by atoms with van der Waals surface area (Å²) in [5.41, 5.74) is 1.93. The van der Waals surface area contributed by atoms with Gasteiger partial charge in [0.1, 0.15) is 16.9 Å². The second-order valence-corrected chi connectivity index (χ2v) is 5.39. The number of aliphatic hydroxyl groups is 1. The summed E-state index contributed by atoms with van der Waals surface area (Å²) < 4.78 is 6.33. The third-order valence-electron chi connectivity index (χ3n) is 3.55. The molecule has 0 amide bonds. The summed E-state index contributed by atoms with van der Waals surface area (Å²) in [6, 6.07) is 6.54. The molecule has 0 radical (unpaired) electrons. The van der Waals surface area contributed by atoms with Gasteiger partial charge in [0, 0.05) is 5.39 Å². The van der Waals surface area contributed by atoms with Gasteiger partial charge in [-0.1, -0.05) is 23.7 Å². The summed E-state index contributed by atoms with van der Waals surface area (Å²) in [6.45, 7) is 1.38. The monoisotopic (exact) mass is 334 g/mol. The van der Waals surface area contributed by atoms with E-state index in [9.17, 15) is 9.90 Å². The van der Waals surface area contributed by atoms with E-state index >= 15 is 0 Å². The minimum absolute atomic E-state index is 0.417. The van der Waals surface area contributed by atoms with Crippen LogP contribution in [0.4, 0.5) is 5.82 Å². The number of esters is 1. The van der Waals surface area contributed by atoms with Gasteiger partial charge in [-0.3, -0.25) is 0 Å². The molecule has 0 saturated carbocycles. The zero-order valence-electron chi connectivity index (χ0n) is 12.6. The van der Waals surface area contributed by atoms with Crippen LogP contribution in [0.15, 0.2) is 24.3 Å². The molecule has 2 N–H and O–H groups in total. The van der Waals surface area contributed by atoms with Gasteiger partial charge in [-0.25, -0.2) is 14.3 Å². The van der Waals surface area contributed by atoms with Crippen LogP contribution in [0.5, 0.6) is 0 Å². The number of nitrogens with one attached hydrogen (secondary N) is 1. The van der Waals surface area contributed by atoms with E-state index in [-0.39, 0.29) is 0 Å². The SMILES string of the molecule is COC(=O)[C@@H](CO)Nc1nc2c(Cl)c(C)nn2c2ccccc12. The Balaban J connectivity index is 2.22. The number of halogens is 1. The van der Waals surface area contributed by atoms with Crippen molar-refractivity contribution < 1.29 is 14.6 Å². The Bertz CT molecular complexity index is 893. The normalized spacial score (nSPS) is 12.5. The van der Waals surface area contributed by atoms with Crippen LogP contribution in [0.3, 0.4) is 0 Å². The summed E-state index contributed by atoms with van der Waals surface area (Å²) in [4.78, 5) is 16.2. The van der Waals surface area contributed by atoms with Crippen LogP contribution in [0.1, 0.15) is 5.69 Å². The van der Waals surface area contributed by atoms with E-state index in [2.05, 4.69) is 20.1 Å². The van der Waals surface area contributed by atoms with E-state index < -0.39 is 18.6 Å². The second kappa shape index (κ2) is 6.02. The van der Waals surface area contributed by atoms with Crippen LogP contribution < -0.4 is 5.32 Å². The van der Waals surface area contributed by atoms with Gasteiger partial charge in [0.2, 0.25) is 0 Å². The molecule has 0 spiro atoms. The van der Waals surface area contributed by atoms with Crippen LogP contribution >= 0.6 is 11.6 Å². The lowest BCUT2D eigenvalue weighted by atomic mass is 10.2. The molecule has 0 aliphatic carbocycles. The van der Waals surface area contributed by atoms with Crippen molar-refractivity contribution in [1.82, 2.24) is 14.6 Å². The van der Waals surface area contributed by atoms with Crippen molar-refractivity contribution in [3.8, 4) is 0 Å². The molecule has 8 heteroatoms. The number of aliphatic hydroxyl groups excluding tert-OH is 1. The zero-order chi connectivity index (χ0) is 16.6. The Morgan fingerprint density at radius 2 is 2.22 bits per heavy atom. The molecular formula is C15H15ClN4O3. The lowest BCUT2D eigenvalue weighted by Crippen LogP contribution is -2.34. The number of methoxy groups -OCH3 is 1. The number of carbonyl (C=O) groups excluding carboxylic acids is 1. The van der Waals surface area contributed by atoms with E-state index in [1.54, 1.807) is 11.4 Å². The number of nitrogens with zero attached hydrogens (tertiary/aromatic N) is 3. The molecule has 1 aromatic carbocycles. The molecule has 23 heavy (non-hydrogen) atoms. The Morgan fingerprint density at radius 3 is 2.91 bits per heavy atom. The Hall–Kier alpha value is -2.38. The van der Waals surface area contributed by atoms with E-state index in [0.29, 0.717) is 22.2 Å². The number of ether oxygens (including phenoxy) is 1. The largest absolute Gasteiger partial charge is 0.467 e. The van der Waals surface area contributed by atoms with E-state index in [4.69, 9.17) is 11.6 Å². The average molecular weight is 335 g/mol. The van der Waals surface area contributed by atoms with Crippen molar-refractivity contribution in [2.75, 3.05) is 19.0 Å². The van der Waals surface area contributed by atoms with Gasteiger partial charge in [0.25, 0.3) is 0 Å². The minimum Gasteiger partial charge on any atom is -0.467 e. The van der Waals surface area contributed by atoms with Crippen LogP contribution in [-0.2, 0) is 9.53 Å². The van der Waals surface area contributed by atoms with Crippen LogP contribution in [0.25, 0.3) is 16.6 Å². The van der Waals surface area contributed by atoms with Gasteiger partial charge >= 0.3 is 5.97 Å². The predicted molar refractivity (Wildman–Crippen MR) is 86.8 cm³/mol. The van der Waals surface area contributed by atoms with Gasteiger partial charge in [0.15, 0.2) is 5.65 Å². The molecule has 120 valence electrons. The molecule has 0 bridgehead atoms. The van der Waals surface area contributed by atoms with Crippen LogP contribution in [0, 0.1) is 6.92 Å². The second-order valence-electron chi connectivity index (χ2n) is 5.02. The van der Waals surface area contributed by atoms with Crippen molar-refractivity contribution in [3.63, 3.8) is 0 Å². The average Bonchev–Trinajstić information content (AvgIpc) is 2.87. The number of aryl methyl sites for hydroxylation is 1. The summed E-state index contributed by atoms with van der Waals surface area (Å²) in [6.07, 6.45) is 0. The van der Waals surface area contributed by atoms with Crippen molar-refractivity contribution >= 4 is 39.9 Å². The summed E-state index contributed by atoms with van der Waals surface area (Å²) >= 11 is 6.26. The molecule has 1 atom stereocenters. The molecule has 0 unspecified atom stereocenters. The number of fused-ring (bicyclic) bond motifs is 3. The smallest absolute Gasteiger partial charge is 0.330 e. The number of benzene rings is 1. The molecular weight excluding hydrogens is 320 g/mol. The highest BCUT2D eigenvalue weighted by Gasteiger charge is 2.21. The number of hydrogen-bond donors (Lipinski definition) is 2. The van der Waals surface area contributed by atoms with Crippen molar-refractivity contribution in [2.45, 2.75) is 13.0 Å². The van der Waals surface area contributed by atoms with E-state index in [0.717, 1.165) is 10.9 Å². The van der Waals surface area contributed by atoms with Gasteiger partial charge < -0.3 is 15.2 Å². The van der Waals surface area contributed by atoms with Gasteiger partial charge in [-0.15, -0.1) is 0 Å². The fourth-order valence-electron chi connectivity index (χ4n) is 2.38. The first kappa shape index (κ1) is 15.5. The molecule has 0 saturated heterocycles. The summed E-state index contributed by atoms with van der Waals surface area (Å²) in [5.74, 6) is -0.145. The molecule has 2 aromatic heterocycles. The van der Waals surface area contributed by atoms with E-state index in [1.165, 1.54) is 7.11 Å². The highest BCUT2D eigenvalue weighted by atomic mass is 35.5. The van der Waals surface area contributed by atoms with Gasteiger partial charge in [-0.2, -0.15) is 5.10 Å². The highest BCUT2D eigenvalue weighted by molar-refractivity contribution is 6.34. The quantitative estimate of drug-likeness (QED) is 0.707. The number of aromatic nitrogens is 3. The minimum atomic E-state index is -0.916. The van der Waals surface area contributed by atoms with Crippen LogP contribution in [0.2, 0.25) is 5.02 Å². The highest BCUT2D eigenvalue weighted by Crippen LogP contribution is 2.28. The molecule has 2 heterocycles. The molecule has 7 nitrogen and oxygen atoms in total. The Morgan fingerprint density at radius 1 is 1.48 bits per heavy atom. The third kappa shape index (κ3) is 2.58. The third-order valence-corrected chi connectivity index (χ3v) is 3.99. The first-order valence-corrected chi connectivity index (χ1v) is 7.33. The van der Waals surface area contributed by atoms with Crippen LogP contribution in [-0.4, -0.2) is 45.4 Å². The number of hydrogen-bond acceptors (Lipinski definition) is 6. The lowest BCUT2D eigenvalue weighted by Gasteiger charge is -2.16. The first-order chi connectivity index (χ1) is 11.1. The number of carbonyl (C=O) groups is 1. The molecule has 0 fully saturated rings. The maximum absolute atomic E-state index is 11.7. The number of para-hydroxylation sites is 1. The zero-order valence-corrected chi connectivity index (χ0v) is 13.3. The van der Waals surface area contributed by atoms with Crippen molar-refractivity contribution in [1.29, 1.82) is 0 Å². The van der Waals surface area contributed by atoms with E-state index in [1.807, 2.05) is 24.3 Å². The molecule has 3 rings (SSSR count). The number of anilines is 1. The summed E-state index contributed by atoms with van der Waals surface area (Å²) in [5, 5.41) is 17.9. The van der Waals surface area contributed by atoms with Gasteiger partial charge in [-0.05, 0) is 19.1 Å². The molecule has 3 aromatic rings. The van der Waals surface area contributed by atoms with Crippen molar-refractivity contribution in [3.05, 3.63) is 35.0 Å². The first-order valence-electron chi connectivity index (χ1n) is 6.95.